The molecule has 1 aliphatic rings. The van der Waals surface area contributed by atoms with Gasteiger partial charge in [-0.25, -0.2) is 0 Å². The first kappa shape index (κ1) is 28.2. The molecule has 3 aromatic carbocycles. The van der Waals surface area contributed by atoms with Gasteiger partial charge in [-0.3, -0.25) is 19.8 Å². The predicted octanol–water partition coefficient (Wildman–Crippen LogP) is 5.53. The van der Waals surface area contributed by atoms with E-state index in [2.05, 4.69) is 10.7 Å². The molecule has 0 aliphatic carbocycles. The molecule has 1 heterocycles. The SMILES string of the molecule is COc1cc(/C=C2/SC(=S)N(NC(=O)c3ccc(C)cc3Cl)C2=O)ccc1OCC(=O)Nc1cccc(C)c1. The third-order valence-corrected chi connectivity index (χ3v) is 7.14. The van der Waals surface area contributed by atoms with E-state index in [9.17, 15) is 14.4 Å². The first-order valence-electron chi connectivity index (χ1n) is 11.7. The van der Waals surface area contributed by atoms with Gasteiger partial charge in [0.25, 0.3) is 17.7 Å². The van der Waals surface area contributed by atoms with E-state index in [0.29, 0.717) is 27.7 Å². The highest BCUT2D eigenvalue weighted by Gasteiger charge is 2.34. The summed E-state index contributed by atoms with van der Waals surface area (Å²) in [5.41, 5.74) is 6.01. The lowest BCUT2D eigenvalue weighted by Crippen LogP contribution is -2.44. The molecule has 1 aliphatic heterocycles. The Bertz CT molecular complexity index is 1510. The Morgan fingerprint density at radius 3 is 2.54 bits per heavy atom. The van der Waals surface area contributed by atoms with Crippen molar-refractivity contribution >= 4 is 69.4 Å². The Kier molecular flexibility index (Phi) is 8.90. The summed E-state index contributed by atoms with van der Waals surface area (Å²) in [5.74, 6) is -0.598. The zero-order valence-corrected chi connectivity index (χ0v) is 23.6. The van der Waals surface area contributed by atoms with Gasteiger partial charge in [0.15, 0.2) is 22.4 Å². The number of carbonyl (C=O) groups is 3. The number of nitrogens with zero attached hydrogens (tertiary/aromatic N) is 1. The summed E-state index contributed by atoms with van der Waals surface area (Å²) in [5, 5.41) is 4.08. The second kappa shape index (κ2) is 12.3. The van der Waals surface area contributed by atoms with Gasteiger partial charge in [-0.15, -0.1) is 0 Å². The van der Waals surface area contributed by atoms with E-state index in [1.165, 1.54) is 7.11 Å². The maximum absolute atomic E-state index is 13.0. The molecular formula is C28H24ClN3O5S2. The maximum atomic E-state index is 13.0. The van der Waals surface area contributed by atoms with Crippen LogP contribution in [0.4, 0.5) is 5.69 Å². The summed E-state index contributed by atoms with van der Waals surface area (Å²) in [6.07, 6.45) is 1.63. The van der Waals surface area contributed by atoms with Crippen molar-refractivity contribution in [1.82, 2.24) is 10.4 Å². The van der Waals surface area contributed by atoms with Crippen LogP contribution >= 0.6 is 35.6 Å². The van der Waals surface area contributed by atoms with Crippen molar-refractivity contribution < 1.29 is 23.9 Å². The number of benzene rings is 3. The molecule has 0 unspecified atom stereocenters. The van der Waals surface area contributed by atoms with E-state index in [1.807, 2.05) is 32.0 Å². The summed E-state index contributed by atoms with van der Waals surface area (Å²) >= 11 is 12.5. The minimum absolute atomic E-state index is 0.175. The summed E-state index contributed by atoms with van der Waals surface area (Å²) in [6.45, 7) is 3.58. The lowest BCUT2D eigenvalue weighted by molar-refractivity contribution is -0.123. The van der Waals surface area contributed by atoms with Crippen LogP contribution < -0.4 is 20.2 Å². The highest BCUT2D eigenvalue weighted by atomic mass is 35.5. The van der Waals surface area contributed by atoms with E-state index in [4.69, 9.17) is 33.3 Å². The largest absolute Gasteiger partial charge is 0.493 e. The van der Waals surface area contributed by atoms with Crippen LogP contribution in [0, 0.1) is 13.8 Å². The number of hydrazine groups is 1. The van der Waals surface area contributed by atoms with Crippen LogP contribution in [0.15, 0.2) is 65.6 Å². The standard InChI is InChI=1S/C28H24ClN3O5S2/c1-16-5-4-6-19(11-16)30-25(33)15-37-22-10-8-18(13-23(22)36-3)14-24-27(35)32(28(38)39-24)31-26(34)20-9-7-17(2)12-21(20)29/h4-14H,15H2,1-3H3,(H,30,33)(H,31,34)/b24-14+. The van der Waals surface area contributed by atoms with Crippen LogP contribution in [-0.2, 0) is 9.59 Å². The van der Waals surface area contributed by atoms with Crippen molar-refractivity contribution in [3.63, 3.8) is 0 Å². The number of halogens is 1. The van der Waals surface area contributed by atoms with Crippen molar-refractivity contribution in [2.75, 3.05) is 19.0 Å². The molecule has 200 valence electrons. The number of rotatable bonds is 8. The van der Waals surface area contributed by atoms with E-state index in [1.54, 1.807) is 48.5 Å². The van der Waals surface area contributed by atoms with E-state index in [0.717, 1.165) is 27.9 Å². The minimum atomic E-state index is -0.549. The summed E-state index contributed by atoms with van der Waals surface area (Å²) < 4.78 is 11.3. The number of hydrogen-bond donors (Lipinski definition) is 2. The van der Waals surface area contributed by atoms with E-state index in [-0.39, 0.29) is 27.4 Å². The number of anilines is 1. The molecule has 11 heteroatoms. The van der Waals surface area contributed by atoms with Gasteiger partial charge in [-0.1, -0.05) is 47.6 Å². The van der Waals surface area contributed by atoms with E-state index < -0.39 is 11.8 Å². The van der Waals surface area contributed by atoms with Crippen molar-refractivity contribution in [3.05, 3.63) is 92.8 Å². The van der Waals surface area contributed by atoms with Crippen LogP contribution in [-0.4, -0.2) is 40.8 Å². The third-order valence-electron chi connectivity index (χ3n) is 5.52. The number of aryl methyl sites for hydroxylation is 2. The van der Waals surface area contributed by atoms with Gasteiger partial charge >= 0.3 is 0 Å². The zero-order chi connectivity index (χ0) is 28.1. The molecule has 8 nitrogen and oxygen atoms in total. The van der Waals surface area contributed by atoms with E-state index >= 15 is 0 Å². The maximum Gasteiger partial charge on any atom is 0.285 e. The second-order valence-corrected chi connectivity index (χ2v) is 10.6. The van der Waals surface area contributed by atoms with Gasteiger partial charge in [0.05, 0.1) is 22.6 Å². The fraction of sp³-hybridized carbons (Fsp3) is 0.143. The predicted molar refractivity (Wildman–Crippen MR) is 157 cm³/mol. The van der Waals surface area contributed by atoms with Crippen LogP contribution in [0.2, 0.25) is 5.02 Å². The topological polar surface area (TPSA) is 97.0 Å². The summed E-state index contributed by atoms with van der Waals surface area (Å²) in [6, 6.07) is 17.5. The average Bonchev–Trinajstić information content (AvgIpc) is 3.14. The lowest BCUT2D eigenvalue weighted by atomic mass is 10.1. The van der Waals surface area contributed by atoms with Crippen molar-refractivity contribution in [2.24, 2.45) is 0 Å². The number of carbonyl (C=O) groups excluding carboxylic acids is 3. The number of thiocarbonyl (C=S) groups is 1. The monoisotopic (exact) mass is 581 g/mol. The first-order chi connectivity index (χ1) is 18.6. The Morgan fingerprint density at radius 1 is 1.05 bits per heavy atom. The molecule has 39 heavy (non-hydrogen) atoms. The van der Waals surface area contributed by atoms with Gasteiger partial charge in [0.2, 0.25) is 0 Å². The Balaban J connectivity index is 1.42. The molecule has 3 amide bonds. The van der Waals surface area contributed by atoms with Crippen LogP contribution in [0.25, 0.3) is 6.08 Å². The third kappa shape index (κ3) is 6.97. The molecule has 0 bridgehead atoms. The second-order valence-electron chi connectivity index (χ2n) is 8.56. The fourth-order valence-electron chi connectivity index (χ4n) is 3.64. The molecule has 0 spiro atoms. The normalized spacial score (nSPS) is 13.9. The smallest absolute Gasteiger partial charge is 0.285 e. The van der Waals surface area contributed by atoms with Crippen LogP contribution in [0.1, 0.15) is 27.0 Å². The Hall–Kier alpha value is -3.86. The fourth-order valence-corrected chi connectivity index (χ4v) is 5.14. The molecule has 0 aromatic heterocycles. The molecular weight excluding hydrogens is 558 g/mol. The van der Waals surface area contributed by atoms with Crippen molar-refractivity contribution in [3.8, 4) is 11.5 Å². The quantitative estimate of drug-likeness (QED) is 0.267. The van der Waals surface area contributed by atoms with Crippen molar-refractivity contribution in [2.45, 2.75) is 13.8 Å². The molecule has 2 N–H and O–H groups in total. The Morgan fingerprint density at radius 2 is 1.82 bits per heavy atom. The average molecular weight is 582 g/mol. The Labute approximate surface area is 240 Å². The molecule has 1 fully saturated rings. The number of ether oxygens (including phenoxy) is 2. The van der Waals surface area contributed by atoms with Gasteiger partial charge in [-0.2, -0.15) is 5.01 Å². The first-order valence-corrected chi connectivity index (χ1v) is 13.3. The number of thioether (sulfide) groups is 1. The van der Waals surface area contributed by atoms with Gasteiger partial charge in [-0.05, 0) is 85.2 Å². The number of nitrogens with one attached hydrogen (secondary N) is 2. The zero-order valence-electron chi connectivity index (χ0n) is 21.2. The molecule has 0 radical (unpaired) electrons. The molecule has 0 saturated carbocycles. The molecule has 1 saturated heterocycles. The van der Waals surface area contributed by atoms with Crippen molar-refractivity contribution in [1.29, 1.82) is 0 Å². The summed E-state index contributed by atoms with van der Waals surface area (Å²) in [4.78, 5) is 38.3. The van der Waals surface area contributed by atoms with Gasteiger partial charge < -0.3 is 14.8 Å². The number of methoxy groups -OCH3 is 1. The van der Waals surface area contributed by atoms with Gasteiger partial charge in [0, 0.05) is 5.69 Å². The van der Waals surface area contributed by atoms with Crippen LogP contribution in [0.5, 0.6) is 11.5 Å². The number of amides is 3. The van der Waals surface area contributed by atoms with Gasteiger partial charge in [0.1, 0.15) is 0 Å². The molecule has 3 aromatic rings. The lowest BCUT2D eigenvalue weighted by Gasteiger charge is -2.16. The highest BCUT2D eigenvalue weighted by molar-refractivity contribution is 8.26. The van der Waals surface area contributed by atoms with Crippen LogP contribution in [0.3, 0.4) is 0 Å². The molecule has 4 rings (SSSR count). The summed E-state index contributed by atoms with van der Waals surface area (Å²) in [7, 11) is 1.48. The highest BCUT2D eigenvalue weighted by Crippen LogP contribution is 2.34. The molecule has 0 atom stereocenters. The number of hydrogen-bond acceptors (Lipinski definition) is 7. The minimum Gasteiger partial charge on any atom is -0.493 e.